The molecule has 3 aromatic rings. The summed E-state index contributed by atoms with van der Waals surface area (Å²) in [5.74, 6) is 1.32. The Morgan fingerprint density at radius 2 is 1.26 bits per heavy atom. The van der Waals surface area contributed by atoms with Gasteiger partial charge < -0.3 is 24.4 Å². The first-order valence-electron chi connectivity index (χ1n) is 19.8. The van der Waals surface area contributed by atoms with Crippen molar-refractivity contribution in [1.29, 1.82) is 0 Å². The molecule has 0 amide bonds. The van der Waals surface area contributed by atoms with E-state index in [9.17, 15) is 19.8 Å². The summed E-state index contributed by atoms with van der Waals surface area (Å²) in [6.45, 7) is 17.2. The highest BCUT2D eigenvalue weighted by Crippen LogP contribution is 2.39. The van der Waals surface area contributed by atoms with Gasteiger partial charge in [-0.2, -0.15) is 0 Å². The SMILES string of the molecule is C=C(C)C(=O)OCCCc1cc(-c2ccc(-c3ccc(C4CCC(C)CC4)cc3)cc2CC)cc(CCCOC(=O)C(=C)C)c1OCC(CC)(CO)CO. The predicted molar refractivity (Wildman–Crippen MR) is 218 cm³/mol. The first kappa shape index (κ1) is 42.5. The zero-order valence-electron chi connectivity index (χ0n) is 33.3. The molecule has 0 aromatic heterocycles. The van der Waals surface area contributed by atoms with Crippen molar-refractivity contribution in [3.05, 3.63) is 101 Å². The Kier molecular flexibility index (Phi) is 16.1. The third-order valence-electron chi connectivity index (χ3n) is 11.1. The first-order valence-corrected chi connectivity index (χ1v) is 19.8. The third kappa shape index (κ3) is 11.4. The lowest BCUT2D eigenvalue weighted by Crippen LogP contribution is -2.36. The van der Waals surface area contributed by atoms with Crippen LogP contribution in [0.3, 0.4) is 0 Å². The number of hydrogen-bond donors (Lipinski definition) is 2. The second kappa shape index (κ2) is 20.5. The number of benzene rings is 3. The molecular formula is C47H62O7. The zero-order chi connectivity index (χ0) is 39.3. The van der Waals surface area contributed by atoms with Gasteiger partial charge in [-0.25, -0.2) is 9.59 Å². The lowest BCUT2D eigenvalue weighted by Gasteiger charge is -2.29. The van der Waals surface area contributed by atoms with E-state index in [1.807, 2.05) is 6.92 Å². The summed E-state index contributed by atoms with van der Waals surface area (Å²) in [7, 11) is 0. The van der Waals surface area contributed by atoms with Crippen molar-refractivity contribution in [3.8, 4) is 28.0 Å². The summed E-state index contributed by atoms with van der Waals surface area (Å²) < 4.78 is 17.4. The topological polar surface area (TPSA) is 102 Å². The minimum atomic E-state index is -0.806. The zero-order valence-corrected chi connectivity index (χ0v) is 33.3. The fraction of sp³-hybridized carbons (Fsp3) is 0.489. The number of rotatable bonds is 20. The van der Waals surface area contributed by atoms with Crippen LogP contribution in [0, 0.1) is 11.3 Å². The molecule has 1 aliphatic carbocycles. The Morgan fingerprint density at radius 1 is 0.741 bits per heavy atom. The van der Waals surface area contributed by atoms with Gasteiger partial charge in [0.05, 0.1) is 38.4 Å². The highest BCUT2D eigenvalue weighted by molar-refractivity contribution is 5.87. The van der Waals surface area contributed by atoms with Gasteiger partial charge in [-0.1, -0.05) is 89.2 Å². The molecule has 0 heterocycles. The Bertz CT molecular complexity index is 1660. The van der Waals surface area contributed by atoms with E-state index in [0.717, 1.165) is 34.6 Å². The minimum Gasteiger partial charge on any atom is -0.492 e. The molecule has 0 saturated heterocycles. The summed E-state index contributed by atoms with van der Waals surface area (Å²) in [6.07, 6.45) is 8.76. The van der Waals surface area contributed by atoms with Crippen molar-refractivity contribution < 1.29 is 34.0 Å². The van der Waals surface area contributed by atoms with Crippen LogP contribution < -0.4 is 4.74 Å². The molecular weight excluding hydrogens is 677 g/mol. The van der Waals surface area contributed by atoms with Crippen molar-refractivity contribution in [2.24, 2.45) is 11.3 Å². The Labute approximate surface area is 323 Å². The van der Waals surface area contributed by atoms with E-state index in [1.165, 1.54) is 47.9 Å². The van der Waals surface area contributed by atoms with E-state index in [-0.39, 0.29) is 33.0 Å². The monoisotopic (exact) mass is 738 g/mol. The smallest absolute Gasteiger partial charge is 0.333 e. The number of aryl methyl sites for hydroxylation is 3. The third-order valence-corrected chi connectivity index (χ3v) is 11.1. The second-order valence-corrected chi connectivity index (χ2v) is 15.4. The molecule has 0 bridgehead atoms. The van der Waals surface area contributed by atoms with Gasteiger partial charge in [0.1, 0.15) is 5.75 Å². The Balaban J connectivity index is 1.71. The quantitative estimate of drug-likeness (QED) is 0.0676. The van der Waals surface area contributed by atoms with Gasteiger partial charge in [-0.15, -0.1) is 0 Å². The largest absolute Gasteiger partial charge is 0.492 e. The van der Waals surface area contributed by atoms with Crippen LogP contribution in [0.1, 0.15) is 108 Å². The molecule has 3 aromatic carbocycles. The number of hydrogen-bond acceptors (Lipinski definition) is 7. The standard InChI is InChI=1S/C47H62O7/c1-8-35-26-39(38-20-18-37(19-21-38)36-16-14-34(7)15-17-36)22-23-43(35)42-27-40(12-10-24-52-45(50)32(3)4)44(54-31-47(9-2,29-48)30-49)41(28-42)13-11-25-53-46(51)33(5)6/h18-23,26-28,34,36,48-49H,3,5,8-17,24-25,29-31H2,1-2,4,6-7H3. The van der Waals surface area contributed by atoms with Crippen LogP contribution in [0.2, 0.25) is 0 Å². The maximum atomic E-state index is 12.1. The van der Waals surface area contributed by atoms with Gasteiger partial charge >= 0.3 is 11.9 Å². The van der Waals surface area contributed by atoms with Gasteiger partial charge in [0.2, 0.25) is 0 Å². The fourth-order valence-electron chi connectivity index (χ4n) is 7.15. The molecule has 0 aliphatic heterocycles. The number of aliphatic hydroxyl groups excluding tert-OH is 2. The summed E-state index contributed by atoms with van der Waals surface area (Å²) in [5, 5.41) is 20.4. The molecule has 1 fully saturated rings. The van der Waals surface area contributed by atoms with Crippen LogP contribution in [0.25, 0.3) is 22.3 Å². The number of aliphatic hydroxyl groups is 2. The average Bonchev–Trinajstić information content (AvgIpc) is 3.19. The number of ether oxygens (including phenoxy) is 3. The van der Waals surface area contributed by atoms with Crippen molar-refractivity contribution in [2.75, 3.05) is 33.0 Å². The number of carbonyl (C=O) groups is 2. The Hall–Kier alpha value is -4.20. The highest BCUT2D eigenvalue weighted by Gasteiger charge is 2.29. The normalized spacial score (nSPS) is 15.8. The molecule has 292 valence electrons. The highest BCUT2D eigenvalue weighted by atomic mass is 16.5. The number of esters is 2. The van der Waals surface area contributed by atoms with Crippen molar-refractivity contribution >= 4 is 11.9 Å². The molecule has 4 rings (SSSR count). The fourth-order valence-corrected chi connectivity index (χ4v) is 7.15. The summed E-state index contributed by atoms with van der Waals surface area (Å²) in [5.41, 5.74) is 8.99. The molecule has 0 unspecified atom stereocenters. The maximum Gasteiger partial charge on any atom is 0.333 e. The average molecular weight is 739 g/mol. The molecule has 0 spiro atoms. The van der Waals surface area contributed by atoms with E-state index < -0.39 is 17.4 Å². The lowest BCUT2D eigenvalue weighted by molar-refractivity contribution is -0.139. The van der Waals surface area contributed by atoms with E-state index in [1.54, 1.807) is 13.8 Å². The van der Waals surface area contributed by atoms with Gasteiger partial charge in [0.25, 0.3) is 0 Å². The van der Waals surface area contributed by atoms with Crippen LogP contribution >= 0.6 is 0 Å². The van der Waals surface area contributed by atoms with Crippen LogP contribution in [-0.4, -0.2) is 55.2 Å². The van der Waals surface area contributed by atoms with E-state index in [0.29, 0.717) is 54.9 Å². The summed E-state index contributed by atoms with van der Waals surface area (Å²) >= 11 is 0. The van der Waals surface area contributed by atoms with Gasteiger partial charge in [-0.3, -0.25) is 0 Å². The molecule has 7 nitrogen and oxygen atoms in total. The molecule has 2 N–H and O–H groups in total. The van der Waals surface area contributed by atoms with Gasteiger partial charge in [0.15, 0.2) is 0 Å². The second-order valence-electron chi connectivity index (χ2n) is 15.4. The summed E-state index contributed by atoms with van der Waals surface area (Å²) in [4.78, 5) is 24.3. The van der Waals surface area contributed by atoms with Gasteiger partial charge in [-0.05, 0) is 134 Å². The predicted octanol–water partition coefficient (Wildman–Crippen LogP) is 9.74. The van der Waals surface area contributed by atoms with Crippen molar-refractivity contribution in [2.45, 2.75) is 105 Å². The number of carbonyl (C=O) groups excluding carboxylic acids is 2. The Morgan fingerprint density at radius 3 is 1.74 bits per heavy atom. The van der Waals surface area contributed by atoms with Crippen molar-refractivity contribution in [1.82, 2.24) is 0 Å². The van der Waals surface area contributed by atoms with E-state index >= 15 is 0 Å². The van der Waals surface area contributed by atoms with Crippen LogP contribution in [-0.2, 0) is 38.3 Å². The van der Waals surface area contributed by atoms with Crippen molar-refractivity contribution in [3.63, 3.8) is 0 Å². The maximum absolute atomic E-state index is 12.1. The van der Waals surface area contributed by atoms with E-state index in [4.69, 9.17) is 14.2 Å². The molecule has 0 atom stereocenters. The van der Waals surface area contributed by atoms with Gasteiger partial charge in [0, 0.05) is 11.1 Å². The van der Waals surface area contributed by atoms with Crippen LogP contribution in [0.5, 0.6) is 5.75 Å². The van der Waals surface area contributed by atoms with E-state index in [2.05, 4.69) is 81.6 Å². The van der Waals surface area contributed by atoms with Crippen LogP contribution in [0.4, 0.5) is 0 Å². The first-order chi connectivity index (χ1) is 25.9. The summed E-state index contributed by atoms with van der Waals surface area (Å²) in [6, 6.07) is 20.2. The molecule has 0 radical (unpaired) electrons. The minimum absolute atomic E-state index is 0.124. The molecule has 54 heavy (non-hydrogen) atoms. The molecule has 7 heteroatoms. The molecule has 1 saturated carbocycles. The molecule has 1 aliphatic rings. The lowest BCUT2D eigenvalue weighted by atomic mass is 9.79. The van der Waals surface area contributed by atoms with Crippen LogP contribution in [0.15, 0.2) is 78.9 Å².